The monoisotopic (exact) mass is 376 g/mol. The molecule has 1 amide bonds. The topological polar surface area (TPSA) is 41.6 Å². The average Bonchev–Trinajstić information content (AvgIpc) is 3.17. The van der Waals surface area contributed by atoms with Gasteiger partial charge in [-0.3, -0.25) is 9.69 Å². The zero-order valence-corrected chi connectivity index (χ0v) is 16.0. The Kier molecular flexibility index (Phi) is 6.27. The molecule has 1 aromatic heterocycles. The molecule has 2 aromatic rings. The fraction of sp³-hybridized carbons (Fsp3) is 0.450. The van der Waals surface area contributed by atoms with E-state index in [4.69, 9.17) is 4.74 Å². The molecule has 0 radical (unpaired) electrons. The molecule has 6 heteroatoms. The second-order valence-electron chi connectivity index (χ2n) is 6.81. The second kappa shape index (κ2) is 8.64. The summed E-state index contributed by atoms with van der Waals surface area (Å²) in [6.07, 6.45) is 2.36. The van der Waals surface area contributed by atoms with Crippen LogP contribution in [0.2, 0.25) is 0 Å². The Morgan fingerprint density at radius 2 is 2.15 bits per heavy atom. The Labute approximate surface area is 158 Å². The van der Waals surface area contributed by atoms with Crippen LogP contribution in [0.4, 0.5) is 4.39 Å². The largest absolute Gasteiger partial charge is 0.494 e. The van der Waals surface area contributed by atoms with E-state index in [9.17, 15) is 9.18 Å². The van der Waals surface area contributed by atoms with E-state index in [-0.39, 0.29) is 17.7 Å². The van der Waals surface area contributed by atoms with Gasteiger partial charge in [0.1, 0.15) is 0 Å². The smallest absolute Gasteiger partial charge is 0.251 e. The van der Waals surface area contributed by atoms with Crippen molar-refractivity contribution in [2.24, 2.45) is 5.92 Å². The van der Waals surface area contributed by atoms with Gasteiger partial charge in [0, 0.05) is 17.0 Å². The number of thiophene rings is 1. The van der Waals surface area contributed by atoms with E-state index in [1.165, 1.54) is 37.0 Å². The molecule has 0 spiro atoms. The standard InChI is InChI=1S/C20H25FN2O2S/c1-14-7-9-23(10-8-14)17(19-4-3-11-26-19)13-22-20(24)15-5-6-18(25-2)16(21)12-15/h3-6,11-12,14,17H,7-10,13H2,1-2H3,(H,22,24)/t17-/m1/s1. The fourth-order valence-electron chi connectivity index (χ4n) is 3.33. The Balaban J connectivity index is 1.67. The molecule has 1 N–H and O–H groups in total. The van der Waals surface area contributed by atoms with Crippen molar-refractivity contribution < 1.29 is 13.9 Å². The van der Waals surface area contributed by atoms with Crippen molar-refractivity contribution in [1.82, 2.24) is 10.2 Å². The van der Waals surface area contributed by atoms with Gasteiger partial charge in [-0.1, -0.05) is 13.0 Å². The third-order valence-corrected chi connectivity index (χ3v) is 5.97. The highest BCUT2D eigenvalue weighted by Gasteiger charge is 2.26. The highest BCUT2D eigenvalue weighted by Crippen LogP contribution is 2.29. The lowest BCUT2D eigenvalue weighted by Crippen LogP contribution is -2.41. The number of benzene rings is 1. The van der Waals surface area contributed by atoms with E-state index < -0.39 is 5.82 Å². The number of hydrogen-bond acceptors (Lipinski definition) is 4. The van der Waals surface area contributed by atoms with Crippen molar-refractivity contribution in [3.05, 3.63) is 52.0 Å². The lowest BCUT2D eigenvalue weighted by atomic mass is 9.97. The maximum atomic E-state index is 13.8. The molecule has 1 aliphatic heterocycles. The minimum absolute atomic E-state index is 0.139. The number of nitrogens with zero attached hydrogens (tertiary/aromatic N) is 1. The first-order valence-electron chi connectivity index (χ1n) is 8.97. The van der Waals surface area contributed by atoms with E-state index in [1.54, 1.807) is 17.4 Å². The van der Waals surface area contributed by atoms with Crippen LogP contribution >= 0.6 is 11.3 Å². The predicted molar refractivity (Wildman–Crippen MR) is 102 cm³/mol. The van der Waals surface area contributed by atoms with Crippen LogP contribution in [0.1, 0.15) is 41.0 Å². The minimum atomic E-state index is -0.528. The molecule has 0 bridgehead atoms. The number of nitrogens with one attached hydrogen (secondary N) is 1. The number of rotatable bonds is 6. The molecule has 0 saturated carbocycles. The van der Waals surface area contributed by atoms with Gasteiger partial charge in [0.05, 0.1) is 13.2 Å². The first-order valence-corrected chi connectivity index (χ1v) is 9.85. The Morgan fingerprint density at radius 1 is 1.38 bits per heavy atom. The van der Waals surface area contributed by atoms with Gasteiger partial charge in [0.15, 0.2) is 11.6 Å². The zero-order valence-electron chi connectivity index (χ0n) is 15.2. The lowest BCUT2D eigenvalue weighted by molar-refractivity contribution is 0.0914. The quantitative estimate of drug-likeness (QED) is 0.825. The molecule has 2 heterocycles. The van der Waals surface area contributed by atoms with E-state index >= 15 is 0 Å². The maximum Gasteiger partial charge on any atom is 0.251 e. The van der Waals surface area contributed by atoms with Gasteiger partial charge in [0.25, 0.3) is 5.91 Å². The summed E-state index contributed by atoms with van der Waals surface area (Å²) in [6, 6.07) is 8.60. The highest BCUT2D eigenvalue weighted by molar-refractivity contribution is 7.10. The summed E-state index contributed by atoms with van der Waals surface area (Å²) < 4.78 is 18.8. The molecule has 1 saturated heterocycles. The summed E-state index contributed by atoms with van der Waals surface area (Å²) in [6.45, 7) is 4.88. The van der Waals surface area contributed by atoms with Crippen LogP contribution in [0.15, 0.2) is 35.7 Å². The van der Waals surface area contributed by atoms with Crippen LogP contribution in [0.3, 0.4) is 0 Å². The number of ether oxygens (including phenoxy) is 1. The molecule has 0 aliphatic carbocycles. The van der Waals surface area contributed by atoms with Gasteiger partial charge < -0.3 is 10.1 Å². The van der Waals surface area contributed by atoms with Gasteiger partial charge in [-0.15, -0.1) is 11.3 Å². The summed E-state index contributed by atoms with van der Waals surface area (Å²) in [4.78, 5) is 16.2. The SMILES string of the molecule is COc1ccc(C(=O)NC[C@H](c2cccs2)N2CCC(C)CC2)cc1F. The number of carbonyl (C=O) groups excluding carboxylic acids is 1. The van der Waals surface area contributed by atoms with Crippen LogP contribution in [0.5, 0.6) is 5.75 Å². The van der Waals surface area contributed by atoms with Crippen LogP contribution < -0.4 is 10.1 Å². The molecular weight excluding hydrogens is 351 g/mol. The van der Waals surface area contributed by atoms with Crippen molar-refractivity contribution in [2.45, 2.75) is 25.8 Å². The van der Waals surface area contributed by atoms with Crippen molar-refractivity contribution in [2.75, 3.05) is 26.7 Å². The number of amides is 1. The maximum absolute atomic E-state index is 13.8. The molecule has 26 heavy (non-hydrogen) atoms. The first-order chi connectivity index (χ1) is 12.6. The zero-order chi connectivity index (χ0) is 18.5. The summed E-state index contributed by atoms with van der Waals surface area (Å²) in [5, 5.41) is 5.04. The number of hydrogen-bond donors (Lipinski definition) is 1. The van der Waals surface area contributed by atoms with Gasteiger partial charge in [-0.05, 0) is 61.5 Å². The van der Waals surface area contributed by atoms with Gasteiger partial charge in [-0.25, -0.2) is 4.39 Å². The van der Waals surface area contributed by atoms with Crippen LogP contribution in [0, 0.1) is 11.7 Å². The van der Waals surface area contributed by atoms with E-state index in [1.807, 2.05) is 6.07 Å². The summed E-state index contributed by atoms with van der Waals surface area (Å²) in [5.74, 6) is 0.103. The molecule has 1 aliphatic rings. The third-order valence-electron chi connectivity index (χ3n) is 5.00. The Morgan fingerprint density at radius 3 is 2.77 bits per heavy atom. The van der Waals surface area contributed by atoms with E-state index in [0.29, 0.717) is 12.1 Å². The van der Waals surface area contributed by atoms with Crippen LogP contribution in [-0.4, -0.2) is 37.6 Å². The highest BCUT2D eigenvalue weighted by atomic mass is 32.1. The number of piperidine rings is 1. The number of methoxy groups -OCH3 is 1. The molecule has 140 valence electrons. The predicted octanol–water partition coefficient (Wildman–Crippen LogP) is 4.10. The molecule has 0 unspecified atom stereocenters. The first kappa shape index (κ1) is 18.9. The van der Waals surface area contributed by atoms with Gasteiger partial charge in [0.2, 0.25) is 0 Å². The second-order valence-corrected chi connectivity index (χ2v) is 7.79. The van der Waals surface area contributed by atoms with Crippen molar-refractivity contribution in [3.63, 3.8) is 0 Å². The number of carbonyl (C=O) groups is 1. The Hall–Kier alpha value is -1.92. The van der Waals surface area contributed by atoms with E-state index in [0.717, 1.165) is 19.0 Å². The average molecular weight is 376 g/mol. The van der Waals surface area contributed by atoms with Gasteiger partial charge in [-0.2, -0.15) is 0 Å². The Bertz CT molecular complexity index is 727. The molecule has 3 rings (SSSR count). The fourth-order valence-corrected chi connectivity index (χ4v) is 4.19. The van der Waals surface area contributed by atoms with Crippen molar-refractivity contribution in [1.29, 1.82) is 0 Å². The number of likely N-dealkylation sites (tertiary alicyclic amines) is 1. The number of halogens is 1. The molecule has 1 atom stereocenters. The van der Waals surface area contributed by atoms with E-state index in [2.05, 4.69) is 28.6 Å². The van der Waals surface area contributed by atoms with Crippen LogP contribution in [0.25, 0.3) is 0 Å². The summed E-state index contributed by atoms with van der Waals surface area (Å²) >= 11 is 1.71. The molecule has 1 aromatic carbocycles. The van der Waals surface area contributed by atoms with Crippen molar-refractivity contribution >= 4 is 17.2 Å². The normalized spacial score (nSPS) is 17.0. The lowest BCUT2D eigenvalue weighted by Gasteiger charge is -2.36. The molecular formula is C20H25FN2O2S. The van der Waals surface area contributed by atoms with Gasteiger partial charge >= 0.3 is 0 Å². The van der Waals surface area contributed by atoms with Crippen LogP contribution in [-0.2, 0) is 0 Å². The summed E-state index contributed by atoms with van der Waals surface area (Å²) in [5.41, 5.74) is 0.306. The van der Waals surface area contributed by atoms with Crippen molar-refractivity contribution in [3.8, 4) is 5.75 Å². The molecule has 4 nitrogen and oxygen atoms in total. The minimum Gasteiger partial charge on any atom is -0.494 e. The summed E-state index contributed by atoms with van der Waals surface area (Å²) in [7, 11) is 1.41. The molecule has 1 fully saturated rings. The third kappa shape index (κ3) is 4.43.